The van der Waals surface area contributed by atoms with Gasteiger partial charge in [-0.1, -0.05) is 6.07 Å². The summed E-state index contributed by atoms with van der Waals surface area (Å²) in [6, 6.07) is 4.80. The maximum absolute atomic E-state index is 4.34. The normalized spacial score (nSPS) is 16.5. The lowest BCUT2D eigenvalue weighted by Crippen LogP contribution is -2.42. The van der Waals surface area contributed by atoms with Gasteiger partial charge in [-0.15, -0.1) is 35.3 Å². The number of nitrogens with one attached hydrogen (secondary N) is 2. The van der Waals surface area contributed by atoms with Gasteiger partial charge in [-0.05, 0) is 37.4 Å². The van der Waals surface area contributed by atoms with Crippen molar-refractivity contribution in [2.45, 2.75) is 25.4 Å². The molecule has 25 heavy (non-hydrogen) atoms. The second kappa shape index (κ2) is 10.1. The monoisotopic (exact) mass is 474 g/mol. The van der Waals surface area contributed by atoms with Crippen molar-refractivity contribution >= 4 is 41.3 Å². The van der Waals surface area contributed by atoms with Crippen LogP contribution in [0.1, 0.15) is 29.3 Å². The van der Waals surface area contributed by atoms with Gasteiger partial charge in [0.2, 0.25) is 0 Å². The van der Waals surface area contributed by atoms with E-state index < -0.39 is 0 Å². The number of rotatable bonds is 6. The van der Waals surface area contributed by atoms with Crippen LogP contribution >= 0.6 is 35.3 Å². The molecule has 1 fully saturated rings. The largest absolute Gasteiger partial charge is 0.354 e. The molecule has 3 rings (SSSR count). The van der Waals surface area contributed by atoms with Crippen LogP contribution in [0.25, 0.3) is 0 Å². The van der Waals surface area contributed by atoms with Gasteiger partial charge in [-0.2, -0.15) is 5.10 Å². The Labute approximate surface area is 170 Å². The van der Waals surface area contributed by atoms with Crippen molar-refractivity contribution in [1.29, 1.82) is 0 Å². The summed E-state index contributed by atoms with van der Waals surface area (Å²) in [6.07, 6.45) is 6.49. The minimum Gasteiger partial charge on any atom is -0.354 e. The van der Waals surface area contributed by atoms with Crippen LogP contribution in [-0.4, -0.2) is 47.3 Å². The first-order valence-electron chi connectivity index (χ1n) is 8.46. The smallest absolute Gasteiger partial charge is 0.191 e. The lowest BCUT2D eigenvalue weighted by molar-refractivity contribution is 0.249. The van der Waals surface area contributed by atoms with Crippen LogP contribution < -0.4 is 10.6 Å². The molecule has 3 heterocycles. The molecule has 0 aliphatic carbocycles. The van der Waals surface area contributed by atoms with Crippen molar-refractivity contribution in [1.82, 2.24) is 25.3 Å². The van der Waals surface area contributed by atoms with E-state index >= 15 is 0 Å². The Hall–Kier alpha value is -1.13. The quantitative estimate of drug-likeness (QED) is 0.384. The molecule has 0 bridgehead atoms. The number of guanidine groups is 1. The minimum absolute atomic E-state index is 0. The summed E-state index contributed by atoms with van der Waals surface area (Å²) in [5.41, 5.74) is 1.15. The van der Waals surface area contributed by atoms with E-state index in [1.54, 1.807) is 0 Å². The summed E-state index contributed by atoms with van der Waals surface area (Å²) in [6.45, 7) is 3.96. The second-order valence-corrected chi connectivity index (χ2v) is 7.08. The van der Waals surface area contributed by atoms with Crippen LogP contribution in [-0.2, 0) is 13.6 Å². The molecule has 1 atom stereocenters. The lowest BCUT2D eigenvalue weighted by atomic mass is 10.2. The van der Waals surface area contributed by atoms with Gasteiger partial charge in [0.15, 0.2) is 5.96 Å². The molecule has 2 N–H and O–H groups in total. The van der Waals surface area contributed by atoms with Crippen LogP contribution in [0.2, 0.25) is 0 Å². The van der Waals surface area contributed by atoms with E-state index in [4.69, 9.17) is 0 Å². The maximum atomic E-state index is 4.34. The lowest BCUT2D eigenvalue weighted by Gasteiger charge is -2.27. The minimum atomic E-state index is 0. The zero-order valence-corrected chi connectivity index (χ0v) is 18.0. The molecule has 0 amide bonds. The van der Waals surface area contributed by atoms with E-state index in [-0.39, 0.29) is 24.0 Å². The molecule has 0 spiro atoms. The van der Waals surface area contributed by atoms with Crippen molar-refractivity contribution in [2.75, 3.05) is 26.7 Å². The first-order chi connectivity index (χ1) is 11.8. The zero-order chi connectivity index (χ0) is 16.8. The molecule has 6 nitrogen and oxygen atoms in total. The average Bonchev–Trinajstić information content (AvgIpc) is 3.33. The summed E-state index contributed by atoms with van der Waals surface area (Å²) >= 11 is 1.84. The molecule has 2 aromatic rings. The SMILES string of the molecule is CN=C(NCc1cnn(C)c1)NCC(c1cccs1)N1CCCC1.I. The van der Waals surface area contributed by atoms with E-state index in [0.717, 1.165) is 24.6 Å². The van der Waals surface area contributed by atoms with Crippen molar-refractivity contribution in [3.05, 3.63) is 40.3 Å². The zero-order valence-electron chi connectivity index (χ0n) is 14.8. The van der Waals surface area contributed by atoms with E-state index in [1.807, 2.05) is 42.5 Å². The fourth-order valence-electron chi connectivity index (χ4n) is 3.11. The van der Waals surface area contributed by atoms with E-state index in [0.29, 0.717) is 6.04 Å². The molecular weight excluding hydrogens is 447 g/mol. The summed E-state index contributed by atoms with van der Waals surface area (Å²) < 4.78 is 1.81. The fourth-order valence-corrected chi connectivity index (χ4v) is 3.97. The molecule has 8 heteroatoms. The van der Waals surface area contributed by atoms with Gasteiger partial charge in [0.1, 0.15) is 0 Å². The van der Waals surface area contributed by atoms with Crippen molar-refractivity contribution in [3.63, 3.8) is 0 Å². The molecule has 0 saturated carbocycles. The standard InChI is InChI=1S/C17H26N6S.HI/c1-18-17(19-10-14-11-21-22(2)13-14)20-12-15(16-6-5-9-24-16)23-7-3-4-8-23;/h5-6,9,11,13,15H,3-4,7-8,10,12H2,1-2H3,(H2,18,19,20);1H. The van der Waals surface area contributed by atoms with Crippen LogP contribution in [0.15, 0.2) is 34.9 Å². The number of thiophene rings is 1. The second-order valence-electron chi connectivity index (χ2n) is 6.10. The number of nitrogens with zero attached hydrogens (tertiary/aromatic N) is 4. The third kappa shape index (κ3) is 5.68. The third-order valence-electron chi connectivity index (χ3n) is 4.36. The Balaban J connectivity index is 0.00000225. The van der Waals surface area contributed by atoms with Crippen LogP contribution in [0.3, 0.4) is 0 Å². The number of likely N-dealkylation sites (tertiary alicyclic amines) is 1. The first kappa shape index (κ1) is 20.2. The Kier molecular flexibility index (Phi) is 8.17. The molecule has 0 aromatic carbocycles. The highest BCUT2D eigenvalue weighted by Gasteiger charge is 2.24. The van der Waals surface area contributed by atoms with Gasteiger partial charge < -0.3 is 10.6 Å². The van der Waals surface area contributed by atoms with Gasteiger partial charge >= 0.3 is 0 Å². The number of aryl methyl sites for hydroxylation is 1. The Morgan fingerprint density at radius 3 is 2.76 bits per heavy atom. The predicted octanol–water partition coefficient (Wildman–Crippen LogP) is 2.60. The van der Waals surface area contributed by atoms with Gasteiger partial charge in [0.05, 0.1) is 12.2 Å². The molecule has 1 aliphatic rings. The highest BCUT2D eigenvalue weighted by Crippen LogP contribution is 2.27. The molecule has 1 saturated heterocycles. The summed E-state index contributed by atoms with van der Waals surface area (Å²) in [5.74, 6) is 0.833. The highest BCUT2D eigenvalue weighted by atomic mass is 127. The Morgan fingerprint density at radius 1 is 1.36 bits per heavy atom. The number of aliphatic imine (C=N–C) groups is 1. The van der Waals surface area contributed by atoms with Gasteiger partial charge in [0.25, 0.3) is 0 Å². The van der Waals surface area contributed by atoms with E-state index in [2.05, 4.69) is 43.1 Å². The summed E-state index contributed by atoms with van der Waals surface area (Å²) in [7, 11) is 3.74. The van der Waals surface area contributed by atoms with Crippen molar-refractivity contribution in [3.8, 4) is 0 Å². The Morgan fingerprint density at radius 2 is 2.16 bits per heavy atom. The van der Waals surface area contributed by atoms with Crippen LogP contribution in [0, 0.1) is 0 Å². The van der Waals surface area contributed by atoms with Gasteiger partial charge in [0, 0.05) is 43.8 Å². The maximum Gasteiger partial charge on any atom is 0.191 e. The summed E-state index contributed by atoms with van der Waals surface area (Å²) in [4.78, 5) is 8.34. The number of aromatic nitrogens is 2. The summed E-state index contributed by atoms with van der Waals surface area (Å²) in [5, 5.41) is 13.2. The van der Waals surface area contributed by atoms with Crippen molar-refractivity contribution in [2.24, 2.45) is 12.0 Å². The molecule has 0 radical (unpaired) electrons. The predicted molar refractivity (Wildman–Crippen MR) is 115 cm³/mol. The van der Waals surface area contributed by atoms with E-state index in [9.17, 15) is 0 Å². The fraction of sp³-hybridized carbons (Fsp3) is 0.529. The average molecular weight is 474 g/mol. The molecular formula is C17H27IN6S. The third-order valence-corrected chi connectivity index (χ3v) is 5.33. The molecule has 1 aliphatic heterocycles. The number of hydrogen-bond acceptors (Lipinski definition) is 4. The van der Waals surface area contributed by atoms with E-state index in [1.165, 1.54) is 30.8 Å². The van der Waals surface area contributed by atoms with Crippen LogP contribution in [0.5, 0.6) is 0 Å². The molecule has 138 valence electrons. The van der Waals surface area contributed by atoms with Gasteiger partial charge in [-0.25, -0.2) is 0 Å². The van der Waals surface area contributed by atoms with Crippen LogP contribution in [0.4, 0.5) is 0 Å². The number of hydrogen-bond donors (Lipinski definition) is 2. The first-order valence-corrected chi connectivity index (χ1v) is 9.33. The number of halogens is 1. The topological polar surface area (TPSA) is 57.5 Å². The highest BCUT2D eigenvalue weighted by molar-refractivity contribution is 14.0. The molecule has 2 aromatic heterocycles. The molecule has 1 unspecified atom stereocenters. The van der Waals surface area contributed by atoms with Crippen molar-refractivity contribution < 1.29 is 0 Å². The van der Waals surface area contributed by atoms with Gasteiger partial charge in [-0.3, -0.25) is 14.6 Å². The Bertz CT molecular complexity index is 648.